The monoisotopic (exact) mass is 271 g/mol. The molecule has 1 heterocycles. The van der Waals surface area contributed by atoms with Crippen molar-refractivity contribution in [2.24, 2.45) is 0 Å². The van der Waals surface area contributed by atoms with Gasteiger partial charge in [-0.2, -0.15) is 11.8 Å². The number of carbonyl (C=O) groups excluding carboxylic acids is 1. The Balaban J connectivity index is 2.53. The quantitative estimate of drug-likeness (QED) is 0.832. The van der Waals surface area contributed by atoms with Gasteiger partial charge in [-0.15, -0.1) is 0 Å². The third-order valence-corrected chi connectivity index (χ3v) is 3.37. The molecule has 2 N–H and O–H groups in total. The van der Waals surface area contributed by atoms with Crippen molar-refractivity contribution in [1.82, 2.24) is 5.32 Å². The molecule has 1 rings (SSSR count). The van der Waals surface area contributed by atoms with E-state index in [1.165, 1.54) is 0 Å². The second-order valence-electron chi connectivity index (χ2n) is 4.75. The summed E-state index contributed by atoms with van der Waals surface area (Å²) in [6.07, 6.45) is 2.64. The first-order chi connectivity index (χ1) is 8.35. The number of amides is 1. The molecule has 5 heteroatoms. The Labute approximate surface area is 112 Å². The van der Waals surface area contributed by atoms with E-state index in [0.29, 0.717) is 23.5 Å². The fraction of sp³-hybridized carbons (Fsp3) is 0.615. The van der Waals surface area contributed by atoms with Crippen LogP contribution in [0.25, 0.3) is 0 Å². The molecule has 1 amide bonds. The van der Waals surface area contributed by atoms with Gasteiger partial charge in [-0.25, -0.2) is 0 Å². The van der Waals surface area contributed by atoms with Crippen LogP contribution >= 0.6 is 11.8 Å². The van der Waals surface area contributed by atoms with E-state index in [2.05, 4.69) is 5.32 Å². The van der Waals surface area contributed by atoms with Crippen LogP contribution in [0.2, 0.25) is 0 Å². The van der Waals surface area contributed by atoms with Crippen LogP contribution in [0.3, 0.4) is 0 Å². The first-order valence-corrected chi connectivity index (χ1v) is 7.31. The molecule has 0 aliphatic heterocycles. The molecule has 0 saturated heterocycles. The zero-order valence-corrected chi connectivity index (χ0v) is 12.2. The first-order valence-electron chi connectivity index (χ1n) is 5.92. The van der Waals surface area contributed by atoms with Gasteiger partial charge in [0.15, 0.2) is 0 Å². The van der Waals surface area contributed by atoms with Gasteiger partial charge in [-0.05, 0) is 45.3 Å². The van der Waals surface area contributed by atoms with Gasteiger partial charge >= 0.3 is 0 Å². The molecule has 1 atom stereocenters. The molecule has 0 aromatic carbocycles. The van der Waals surface area contributed by atoms with Crippen LogP contribution in [0, 0.1) is 13.8 Å². The van der Waals surface area contributed by atoms with Gasteiger partial charge < -0.3 is 14.8 Å². The van der Waals surface area contributed by atoms with Crippen molar-refractivity contribution in [2.45, 2.75) is 32.8 Å². The fourth-order valence-corrected chi connectivity index (χ4v) is 2.28. The number of thioether (sulfide) groups is 1. The van der Waals surface area contributed by atoms with Crippen molar-refractivity contribution >= 4 is 17.7 Å². The third-order valence-electron chi connectivity index (χ3n) is 2.76. The molecular formula is C13H21NO3S. The summed E-state index contributed by atoms with van der Waals surface area (Å²) in [4.78, 5) is 11.9. The van der Waals surface area contributed by atoms with Gasteiger partial charge in [0.1, 0.15) is 11.5 Å². The van der Waals surface area contributed by atoms with E-state index in [9.17, 15) is 9.90 Å². The van der Waals surface area contributed by atoms with Gasteiger partial charge in [-0.3, -0.25) is 4.79 Å². The largest absolute Gasteiger partial charge is 0.466 e. The van der Waals surface area contributed by atoms with E-state index < -0.39 is 5.60 Å². The zero-order valence-electron chi connectivity index (χ0n) is 11.4. The van der Waals surface area contributed by atoms with Gasteiger partial charge in [0.2, 0.25) is 0 Å². The summed E-state index contributed by atoms with van der Waals surface area (Å²) in [6, 6.07) is 1.71. The van der Waals surface area contributed by atoms with Crippen LogP contribution in [0.1, 0.15) is 35.2 Å². The van der Waals surface area contributed by atoms with Crippen LogP contribution < -0.4 is 5.32 Å². The number of hydrogen-bond donors (Lipinski definition) is 2. The maximum atomic E-state index is 11.9. The normalized spacial score (nSPS) is 14.3. The average Bonchev–Trinajstić information content (AvgIpc) is 2.63. The summed E-state index contributed by atoms with van der Waals surface area (Å²) in [6.45, 7) is 5.54. The first kappa shape index (κ1) is 15.1. The number of hydrogen-bond acceptors (Lipinski definition) is 4. The van der Waals surface area contributed by atoms with Crippen LogP contribution in [-0.4, -0.2) is 35.2 Å². The average molecular weight is 271 g/mol. The number of rotatable bonds is 6. The predicted molar refractivity (Wildman–Crippen MR) is 74.1 cm³/mol. The molecule has 102 valence electrons. The summed E-state index contributed by atoms with van der Waals surface area (Å²) in [5.74, 6) is 1.99. The summed E-state index contributed by atoms with van der Waals surface area (Å²) in [7, 11) is 0. The summed E-state index contributed by atoms with van der Waals surface area (Å²) in [5.41, 5.74) is -0.334. The lowest BCUT2D eigenvalue weighted by Crippen LogP contribution is -2.41. The smallest absolute Gasteiger partial charge is 0.254 e. The lowest BCUT2D eigenvalue weighted by atomic mass is 10.0. The number of aryl methyl sites for hydroxylation is 2. The van der Waals surface area contributed by atoms with E-state index in [0.717, 1.165) is 5.75 Å². The molecule has 0 bridgehead atoms. The standard InChI is InChI=1S/C13H21NO3S/c1-9-7-11(10(2)17-9)12(15)14-8-13(3,16)5-6-18-4/h7,16H,5-6,8H2,1-4H3,(H,14,15). The summed E-state index contributed by atoms with van der Waals surface area (Å²) >= 11 is 1.68. The maximum absolute atomic E-state index is 11.9. The Morgan fingerprint density at radius 2 is 2.22 bits per heavy atom. The lowest BCUT2D eigenvalue weighted by molar-refractivity contribution is 0.0528. The third kappa shape index (κ3) is 4.38. The SMILES string of the molecule is CSCCC(C)(O)CNC(=O)c1cc(C)oc1C. The minimum atomic E-state index is -0.870. The lowest BCUT2D eigenvalue weighted by Gasteiger charge is -2.23. The molecule has 0 saturated carbocycles. The predicted octanol–water partition coefficient (Wildman–Crippen LogP) is 2.13. The molecule has 0 spiro atoms. The fourth-order valence-electron chi connectivity index (χ4n) is 1.63. The number of aliphatic hydroxyl groups is 1. The Bertz CT molecular complexity index is 412. The van der Waals surface area contributed by atoms with Gasteiger partial charge in [0.05, 0.1) is 11.2 Å². The van der Waals surface area contributed by atoms with E-state index >= 15 is 0 Å². The highest BCUT2D eigenvalue weighted by Gasteiger charge is 2.22. The maximum Gasteiger partial charge on any atom is 0.254 e. The van der Waals surface area contributed by atoms with Crippen LogP contribution in [-0.2, 0) is 0 Å². The van der Waals surface area contributed by atoms with Crippen molar-refractivity contribution in [3.63, 3.8) is 0 Å². The Hall–Kier alpha value is -0.940. The van der Waals surface area contributed by atoms with Gasteiger partial charge in [0.25, 0.3) is 5.91 Å². The van der Waals surface area contributed by atoms with Crippen molar-refractivity contribution in [2.75, 3.05) is 18.6 Å². The Morgan fingerprint density at radius 1 is 1.56 bits per heavy atom. The molecular weight excluding hydrogens is 250 g/mol. The van der Waals surface area contributed by atoms with Crippen LogP contribution in [0.4, 0.5) is 0 Å². The molecule has 0 radical (unpaired) electrons. The molecule has 0 fully saturated rings. The van der Waals surface area contributed by atoms with Crippen molar-refractivity contribution in [3.05, 3.63) is 23.2 Å². The zero-order chi connectivity index (χ0) is 13.8. The number of nitrogens with one attached hydrogen (secondary N) is 1. The summed E-state index contributed by atoms with van der Waals surface area (Å²) in [5, 5.41) is 12.8. The Morgan fingerprint density at radius 3 is 2.72 bits per heavy atom. The molecule has 0 aliphatic rings. The van der Waals surface area contributed by atoms with Crippen molar-refractivity contribution in [1.29, 1.82) is 0 Å². The van der Waals surface area contributed by atoms with E-state index in [4.69, 9.17) is 4.42 Å². The van der Waals surface area contributed by atoms with E-state index in [1.807, 2.05) is 6.26 Å². The van der Waals surface area contributed by atoms with Crippen LogP contribution in [0.5, 0.6) is 0 Å². The molecule has 0 aliphatic carbocycles. The second-order valence-corrected chi connectivity index (χ2v) is 5.73. The van der Waals surface area contributed by atoms with E-state index in [1.54, 1.807) is 38.6 Å². The second kappa shape index (κ2) is 6.29. The Kier molecular flexibility index (Phi) is 5.28. The van der Waals surface area contributed by atoms with Gasteiger partial charge in [-0.1, -0.05) is 0 Å². The highest BCUT2D eigenvalue weighted by molar-refractivity contribution is 7.98. The van der Waals surface area contributed by atoms with Gasteiger partial charge in [0, 0.05) is 6.54 Å². The summed E-state index contributed by atoms with van der Waals surface area (Å²) < 4.78 is 5.31. The topological polar surface area (TPSA) is 62.5 Å². The minimum absolute atomic E-state index is 0.200. The highest BCUT2D eigenvalue weighted by Crippen LogP contribution is 2.15. The van der Waals surface area contributed by atoms with Crippen LogP contribution in [0.15, 0.2) is 10.5 Å². The minimum Gasteiger partial charge on any atom is -0.466 e. The molecule has 1 aromatic rings. The van der Waals surface area contributed by atoms with E-state index in [-0.39, 0.29) is 12.5 Å². The number of furan rings is 1. The number of carbonyl (C=O) groups is 1. The molecule has 4 nitrogen and oxygen atoms in total. The molecule has 18 heavy (non-hydrogen) atoms. The van der Waals surface area contributed by atoms with Crippen molar-refractivity contribution in [3.8, 4) is 0 Å². The molecule has 1 aromatic heterocycles. The van der Waals surface area contributed by atoms with Crippen molar-refractivity contribution < 1.29 is 14.3 Å². The molecule has 1 unspecified atom stereocenters. The highest BCUT2D eigenvalue weighted by atomic mass is 32.2.